The summed E-state index contributed by atoms with van der Waals surface area (Å²) in [6.45, 7) is 3.93. The Morgan fingerprint density at radius 3 is 2.69 bits per heavy atom. The van der Waals surface area contributed by atoms with Crippen LogP contribution in [0.4, 0.5) is 0 Å². The Balaban J connectivity index is 1.35. The number of hydrogen-bond acceptors (Lipinski definition) is 4. The first-order valence-corrected chi connectivity index (χ1v) is 10.0. The summed E-state index contributed by atoms with van der Waals surface area (Å²) in [4.78, 5) is 14.5. The Labute approximate surface area is 159 Å². The minimum absolute atomic E-state index is 0.0519. The van der Waals surface area contributed by atoms with Crippen molar-refractivity contribution in [3.8, 4) is 5.75 Å². The third-order valence-electron chi connectivity index (χ3n) is 4.83. The van der Waals surface area contributed by atoms with Crippen LogP contribution in [0.1, 0.15) is 28.8 Å². The third kappa shape index (κ3) is 5.44. The highest BCUT2D eigenvalue weighted by Crippen LogP contribution is 2.17. The molecular weight excluding hydrogens is 344 g/mol. The molecule has 1 aromatic carbocycles. The molecule has 0 bridgehead atoms. The Morgan fingerprint density at radius 1 is 1.27 bits per heavy atom. The molecule has 0 spiro atoms. The smallest absolute Gasteiger partial charge is 0.252 e. The van der Waals surface area contributed by atoms with Gasteiger partial charge in [0, 0.05) is 24.0 Å². The molecule has 0 radical (unpaired) electrons. The lowest BCUT2D eigenvalue weighted by Crippen LogP contribution is -2.38. The molecule has 3 rings (SSSR count). The highest BCUT2D eigenvalue weighted by Gasteiger charge is 2.19. The molecule has 1 fully saturated rings. The van der Waals surface area contributed by atoms with Gasteiger partial charge in [-0.3, -0.25) is 9.69 Å². The zero-order chi connectivity index (χ0) is 18.2. The van der Waals surface area contributed by atoms with E-state index in [4.69, 9.17) is 4.74 Å². The van der Waals surface area contributed by atoms with Gasteiger partial charge in [-0.2, -0.15) is 11.3 Å². The van der Waals surface area contributed by atoms with Gasteiger partial charge in [0.25, 0.3) is 5.91 Å². The van der Waals surface area contributed by atoms with E-state index < -0.39 is 0 Å². The monoisotopic (exact) mass is 370 g/mol. The van der Waals surface area contributed by atoms with Crippen LogP contribution in [0.25, 0.3) is 6.08 Å². The fourth-order valence-electron chi connectivity index (χ4n) is 3.16. The van der Waals surface area contributed by atoms with Crippen LogP contribution >= 0.6 is 11.3 Å². The zero-order valence-corrected chi connectivity index (χ0v) is 16.0. The maximum Gasteiger partial charge on any atom is 0.252 e. The molecule has 0 atom stereocenters. The van der Waals surface area contributed by atoms with E-state index in [0.717, 1.165) is 50.3 Å². The van der Waals surface area contributed by atoms with Crippen molar-refractivity contribution in [3.63, 3.8) is 0 Å². The van der Waals surface area contributed by atoms with Crippen LogP contribution in [0.2, 0.25) is 0 Å². The maximum atomic E-state index is 12.0. The van der Waals surface area contributed by atoms with E-state index in [2.05, 4.69) is 34.5 Å². The zero-order valence-electron chi connectivity index (χ0n) is 15.2. The summed E-state index contributed by atoms with van der Waals surface area (Å²) in [5, 5.41) is 6.90. The number of likely N-dealkylation sites (tertiary alicyclic amines) is 1. The third-order valence-corrected chi connectivity index (χ3v) is 5.51. The highest BCUT2D eigenvalue weighted by molar-refractivity contribution is 7.08. The Hall–Kier alpha value is -2.11. The van der Waals surface area contributed by atoms with Crippen LogP contribution in [0, 0.1) is 5.92 Å². The predicted octanol–water partition coefficient (Wildman–Crippen LogP) is 3.91. The standard InChI is InChI=1S/C21H26N2O2S/c1-25-20-6-4-17(5-7-20)3-2-11-23-12-8-18(9-13-23)15-22-21(24)19-10-14-26-16-19/h2-7,10,14,16,18H,8-9,11-13,15H2,1H3,(H,22,24). The quantitative estimate of drug-likeness (QED) is 0.803. The van der Waals surface area contributed by atoms with Crippen LogP contribution in [0.3, 0.4) is 0 Å². The lowest BCUT2D eigenvalue weighted by Gasteiger charge is -2.31. The SMILES string of the molecule is COc1ccc(C=CCN2CCC(CNC(=O)c3ccsc3)CC2)cc1. The molecular formula is C21H26N2O2S. The van der Waals surface area contributed by atoms with Crippen LogP contribution in [-0.4, -0.2) is 44.1 Å². The topological polar surface area (TPSA) is 41.6 Å². The molecule has 1 aliphatic heterocycles. The van der Waals surface area contributed by atoms with Crippen LogP contribution in [0.5, 0.6) is 5.75 Å². The number of carbonyl (C=O) groups is 1. The minimum atomic E-state index is 0.0519. The average Bonchev–Trinajstić information content (AvgIpc) is 3.22. The van der Waals surface area contributed by atoms with Gasteiger partial charge in [0.2, 0.25) is 0 Å². The largest absolute Gasteiger partial charge is 0.497 e. The molecule has 2 heterocycles. The van der Waals surface area contributed by atoms with Crippen LogP contribution in [-0.2, 0) is 0 Å². The normalized spacial score (nSPS) is 16.0. The Kier molecular flexibility index (Phi) is 6.86. The molecule has 0 unspecified atom stereocenters. The lowest BCUT2D eigenvalue weighted by atomic mass is 9.96. The molecule has 1 saturated heterocycles. The summed E-state index contributed by atoms with van der Waals surface area (Å²) in [5.41, 5.74) is 1.97. The van der Waals surface area contributed by atoms with E-state index in [1.54, 1.807) is 18.4 Å². The van der Waals surface area contributed by atoms with Gasteiger partial charge in [-0.05, 0) is 61.0 Å². The molecule has 1 N–H and O–H groups in total. The summed E-state index contributed by atoms with van der Waals surface area (Å²) >= 11 is 1.56. The van der Waals surface area contributed by atoms with Crippen molar-refractivity contribution in [2.45, 2.75) is 12.8 Å². The Morgan fingerprint density at radius 2 is 2.04 bits per heavy atom. The number of nitrogens with one attached hydrogen (secondary N) is 1. The highest BCUT2D eigenvalue weighted by atomic mass is 32.1. The number of thiophene rings is 1. The molecule has 138 valence electrons. The summed E-state index contributed by atoms with van der Waals surface area (Å²) < 4.78 is 5.18. The molecule has 0 saturated carbocycles. The van der Waals surface area contributed by atoms with Crippen molar-refractivity contribution in [1.82, 2.24) is 10.2 Å². The molecule has 4 nitrogen and oxygen atoms in total. The predicted molar refractivity (Wildman–Crippen MR) is 108 cm³/mol. The first kappa shape index (κ1) is 18.7. The number of hydrogen-bond donors (Lipinski definition) is 1. The Bertz CT molecular complexity index is 702. The van der Waals surface area contributed by atoms with Gasteiger partial charge in [0.1, 0.15) is 5.75 Å². The fraction of sp³-hybridized carbons (Fsp3) is 0.381. The number of methoxy groups -OCH3 is 1. The molecule has 2 aromatic rings. The van der Waals surface area contributed by atoms with Crippen molar-refractivity contribution in [1.29, 1.82) is 0 Å². The van der Waals surface area contributed by atoms with Crippen molar-refractivity contribution in [2.24, 2.45) is 5.92 Å². The number of benzene rings is 1. The van der Waals surface area contributed by atoms with Crippen molar-refractivity contribution in [3.05, 3.63) is 58.3 Å². The second-order valence-corrected chi connectivity index (χ2v) is 7.42. The van der Waals surface area contributed by atoms with E-state index in [0.29, 0.717) is 5.92 Å². The van der Waals surface area contributed by atoms with E-state index in [1.165, 1.54) is 5.56 Å². The second-order valence-electron chi connectivity index (χ2n) is 6.64. The number of rotatable bonds is 7. The van der Waals surface area contributed by atoms with Crippen molar-refractivity contribution >= 4 is 23.3 Å². The molecule has 1 amide bonds. The lowest BCUT2D eigenvalue weighted by molar-refractivity contribution is 0.0938. The summed E-state index contributed by atoms with van der Waals surface area (Å²) in [5.74, 6) is 1.52. The summed E-state index contributed by atoms with van der Waals surface area (Å²) in [7, 11) is 1.68. The van der Waals surface area contributed by atoms with Gasteiger partial charge >= 0.3 is 0 Å². The number of ether oxygens (including phenoxy) is 1. The molecule has 1 aromatic heterocycles. The van der Waals surface area contributed by atoms with Crippen LogP contribution < -0.4 is 10.1 Å². The molecule has 5 heteroatoms. The van der Waals surface area contributed by atoms with Crippen molar-refractivity contribution in [2.75, 3.05) is 33.3 Å². The molecule has 1 aliphatic rings. The number of piperidine rings is 1. The number of carbonyl (C=O) groups excluding carboxylic acids is 1. The van der Waals surface area contributed by atoms with E-state index >= 15 is 0 Å². The van der Waals surface area contributed by atoms with Gasteiger partial charge in [0.05, 0.1) is 7.11 Å². The molecule has 26 heavy (non-hydrogen) atoms. The van der Waals surface area contributed by atoms with Gasteiger partial charge in [0.15, 0.2) is 0 Å². The second kappa shape index (κ2) is 9.55. The van der Waals surface area contributed by atoms with Gasteiger partial charge in [-0.1, -0.05) is 24.3 Å². The summed E-state index contributed by atoms with van der Waals surface area (Å²) in [6.07, 6.45) is 6.66. The fourth-order valence-corrected chi connectivity index (χ4v) is 3.79. The van der Waals surface area contributed by atoms with Crippen LogP contribution in [0.15, 0.2) is 47.2 Å². The first-order chi connectivity index (χ1) is 12.7. The molecule has 0 aliphatic carbocycles. The number of amides is 1. The summed E-state index contributed by atoms with van der Waals surface area (Å²) in [6, 6.07) is 9.97. The van der Waals surface area contributed by atoms with E-state index in [9.17, 15) is 4.79 Å². The minimum Gasteiger partial charge on any atom is -0.497 e. The van der Waals surface area contributed by atoms with Crippen molar-refractivity contribution < 1.29 is 9.53 Å². The van der Waals surface area contributed by atoms with E-state index in [-0.39, 0.29) is 5.91 Å². The first-order valence-electron chi connectivity index (χ1n) is 9.08. The number of nitrogens with zero attached hydrogens (tertiary/aromatic N) is 1. The van der Waals surface area contributed by atoms with Gasteiger partial charge in [-0.25, -0.2) is 0 Å². The van der Waals surface area contributed by atoms with E-state index in [1.807, 2.05) is 29.0 Å². The van der Waals surface area contributed by atoms with Gasteiger partial charge < -0.3 is 10.1 Å². The average molecular weight is 371 g/mol. The maximum absolute atomic E-state index is 12.0. The van der Waals surface area contributed by atoms with Gasteiger partial charge in [-0.15, -0.1) is 0 Å².